The molecule has 3 fully saturated rings. The maximum absolute atomic E-state index is 11.9. The van der Waals surface area contributed by atoms with E-state index >= 15 is 0 Å². The van der Waals surface area contributed by atoms with Crippen molar-refractivity contribution in [2.45, 2.75) is 103 Å². The van der Waals surface area contributed by atoms with Crippen LogP contribution in [0.5, 0.6) is 0 Å². The van der Waals surface area contributed by atoms with Crippen LogP contribution < -0.4 is 39.7 Å². The van der Waals surface area contributed by atoms with Crippen LogP contribution >= 0.6 is 0 Å². The predicted octanol–water partition coefficient (Wildman–Crippen LogP) is -1.39. The lowest BCUT2D eigenvalue weighted by atomic mass is 9.79. The first-order valence-electron chi connectivity index (χ1n) is 19.6. The van der Waals surface area contributed by atoms with Gasteiger partial charge in [-0.3, -0.25) is 33.3 Å². The van der Waals surface area contributed by atoms with E-state index in [1.165, 1.54) is 57.5 Å². The molecule has 0 aliphatic carbocycles. The lowest BCUT2D eigenvalue weighted by Gasteiger charge is -2.31. The molecule has 0 radical (unpaired) electrons. The molecule has 21 nitrogen and oxygen atoms in total. The third kappa shape index (κ3) is 9.68. The third-order valence-electron chi connectivity index (χ3n) is 12.3. The largest absolute Gasteiger partial charge is 0.393 e. The van der Waals surface area contributed by atoms with E-state index in [1.54, 1.807) is 6.92 Å². The highest BCUT2D eigenvalue weighted by atomic mass is 16.6. The summed E-state index contributed by atoms with van der Waals surface area (Å²) in [4.78, 5) is 65.6. The number of hydrogen-bond donors (Lipinski definition) is 9. The fraction of sp³-hybridized carbons (Fsp3) is 0.684. The highest BCUT2D eigenvalue weighted by Gasteiger charge is 2.54. The Morgan fingerprint density at radius 3 is 1.34 bits per heavy atom. The Labute approximate surface area is 340 Å². The van der Waals surface area contributed by atoms with Crippen molar-refractivity contribution in [2.75, 3.05) is 39.2 Å². The van der Waals surface area contributed by atoms with Crippen LogP contribution in [0, 0.1) is 29.6 Å². The van der Waals surface area contributed by atoms with Gasteiger partial charge in [-0.1, -0.05) is 48.5 Å². The zero-order chi connectivity index (χ0) is 44.6. The molecule has 59 heavy (non-hydrogen) atoms. The Bertz CT molecular complexity index is 2000. The Balaban J connectivity index is 0.000000231. The number of nitrogens with one attached hydrogen (secondary N) is 2. The van der Waals surface area contributed by atoms with Crippen LogP contribution in [0.3, 0.4) is 0 Å². The van der Waals surface area contributed by atoms with Gasteiger partial charge < -0.3 is 51.2 Å². The van der Waals surface area contributed by atoms with E-state index in [-0.39, 0.29) is 54.2 Å². The Hall–Kier alpha value is -4.32. The number of hydrogen-bond acceptors (Lipinski definition) is 16. The molecular formula is C38H62N8O13. The van der Waals surface area contributed by atoms with Crippen molar-refractivity contribution < 1.29 is 39.7 Å². The highest BCUT2D eigenvalue weighted by molar-refractivity contribution is 5.23. The number of nitrogens with zero attached hydrogens (tertiary/aromatic N) is 4. The van der Waals surface area contributed by atoms with Gasteiger partial charge in [0.05, 0.1) is 38.1 Å². The minimum Gasteiger partial charge on any atom is -0.393 e. The van der Waals surface area contributed by atoms with Crippen LogP contribution in [0.1, 0.15) is 80.0 Å². The second kappa shape index (κ2) is 20.3. The molecule has 0 aromatic carbocycles. The maximum Gasteiger partial charge on any atom is 0.351 e. The van der Waals surface area contributed by atoms with Crippen molar-refractivity contribution >= 4 is 5.82 Å². The molecule has 9 unspecified atom stereocenters. The molecule has 6 rings (SSSR count). The normalized spacial score (nSPS) is 28.7. The van der Waals surface area contributed by atoms with Crippen LogP contribution in [0.2, 0.25) is 0 Å². The molecule has 11 N–H and O–H groups in total. The number of anilines is 1. The summed E-state index contributed by atoms with van der Waals surface area (Å²) in [5.41, 5.74) is 4.73. The summed E-state index contributed by atoms with van der Waals surface area (Å²) < 4.78 is 21.4. The lowest BCUT2D eigenvalue weighted by Crippen LogP contribution is -2.47. The predicted molar refractivity (Wildman–Crippen MR) is 215 cm³/mol. The number of ether oxygens (including phenoxy) is 3. The second-order valence-electron chi connectivity index (χ2n) is 15.2. The molecule has 0 amide bonds. The number of aliphatic hydroxyl groups excluding tert-OH is 5. The van der Waals surface area contributed by atoms with Crippen LogP contribution in [0.15, 0.2) is 60.8 Å². The summed E-state index contributed by atoms with van der Waals surface area (Å²) in [5.74, 6) is -0.0467. The molecular weight excluding hydrogens is 776 g/mol. The number of aromatic nitrogens is 6. The number of nitrogen functional groups attached to an aromatic ring is 1. The minimum absolute atomic E-state index is 0.0861. The van der Waals surface area contributed by atoms with Crippen LogP contribution in [-0.4, -0.2) is 111 Å². The number of H-pyrrole nitrogens is 2. The van der Waals surface area contributed by atoms with Crippen LogP contribution in [0.4, 0.5) is 5.82 Å². The average molecular weight is 839 g/mol. The molecule has 9 atom stereocenters. The van der Waals surface area contributed by atoms with E-state index in [9.17, 15) is 49.5 Å². The molecule has 3 saturated heterocycles. The zero-order valence-electron chi connectivity index (χ0n) is 34.8. The fourth-order valence-corrected chi connectivity index (χ4v) is 8.00. The molecule has 3 aliphatic rings. The van der Waals surface area contributed by atoms with Crippen LogP contribution in [-0.2, 0) is 14.2 Å². The molecule has 0 spiro atoms. The van der Waals surface area contributed by atoms with Crippen molar-refractivity contribution in [1.82, 2.24) is 28.7 Å². The smallest absolute Gasteiger partial charge is 0.351 e. The van der Waals surface area contributed by atoms with E-state index in [4.69, 9.17) is 19.9 Å². The monoisotopic (exact) mass is 838 g/mol. The van der Waals surface area contributed by atoms with Gasteiger partial charge >= 0.3 is 17.1 Å². The van der Waals surface area contributed by atoms with Crippen molar-refractivity contribution in [2.24, 2.45) is 35.3 Å². The lowest BCUT2D eigenvalue weighted by molar-refractivity contribution is -0.150. The zero-order valence-corrected chi connectivity index (χ0v) is 34.8. The number of nitrogens with two attached hydrogens (primary N) is 2. The Kier molecular flexibility index (Phi) is 16.9. The fourth-order valence-electron chi connectivity index (χ4n) is 8.00. The molecule has 0 saturated carbocycles. The van der Waals surface area contributed by atoms with Crippen molar-refractivity contribution in [1.29, 1.82) is 0 Å². The summed E-state index contributed by atoms with van der Waals surface area (Å²) in [6.07, 6.45) is 3.28. The number of aromatic amines is 2. The number of rotatable bonds is 9. The Morgan fingerprint density at radius 1 is 0.627 bits per heavy atom. The van der Waals surface area contributed by atoms with Gasteiger partial charge in [-0.2, -0.15) is 4.98 Å². The van der Waals surface area contributed by atoms with E-state index < -0.39 is 71.5 Å². The first-order chi connectivity index (χ1) is 27.8. The summed E-state index contributed by atoms with van der Waals surface area (Å²) in [6.45, 7) is 12.1. The van der Waals surface area contributed by atoms with Gasteiger partial charge in [0.25, 0.3) is 11.1 Å². The van der Waals surface area contributed by atoms with Gasteiger partial charge in [-0.05, 0) is 37.8 Å². The maximum atomic E-state index is 11.9. The standard InChI is InChI=1S/C14H22N2O3.C12H18N2O5.C11H17N3O5.CH5N/c1-5-14(6-2)10(4)9(3)12(19-14)16-8-7-11(17)15-13(16)18;1-7-8(2)12(5-15,6-16)19-10(7)14-4-3-9(17)13-11(14)18;1-6-8(17)11(4-15,5-16)19-9(6)14-3-2-7(12)13-10(14)18;1-2/h7-10,12H,5-6H2,1-4H3,(H,15,17,18);3-4,7-8,10,15-16H,5-6H2,1-2H3,(H,13,17,18);2-3,6,8-9,15-17H,4-5H2,1H3,(H2,12,13,18);2H2,1H3. The van der Waals surface area contributed by atoms with Crippen molar-refractivity contribution in [3.05, 3.63) is 89.0 Å². The van der Waals surface area contributed by atoms with E-state index in [2.05, 4.69) is 48.4 Å². The highest BCUT2D eigenvalue weighted by Crippen LogP contribution is 2.48. The Morgan fingerprint density at radius 2 is 1.00 bits per heavy atom. The molecule has 6 heterocycles. The topological polar surface area (TPSA) is 325 Å². The summed E-state index contributed by atoms with van der Waals surface area (Å²) in [6, 6.07) is 4.03. The van der Waals surface area contributed by atoms with Gasteiger partial charge in [0, 0.05) is 48.5 Å². The quantitative estimate of drug-likeness (QED) is 0.120. The molecule has 3 aromatic heterocycles. The molecule has 0 bridgehead atoms. The third-order valence-corrected chi connectivity index (χ3v) is 12.3. The van der Waals surface area contributed by atoms with E-state index in [1.807, 2.05) is 13.8 Å². The summed E-state index contributed by atoms with van der Waals surface area (Å²) >= 11 is 0. The van der Waals surface area contributed by atoms with Gasteiger partial charge in [0.2, 0.25) is 0 Å². The first kappa shape index (κ1) is 49.0. The first-order valence-corrected chi connectivity index (χ1v) is 19.6. The van der Waals surface area contributed by atoms with E-state index in [0.29, 0.717) is 5.92 Å². The minimum atomic E-state index is -1.48. The molecule has 3 aromatic rings. The van der Waals surface area contributed by atoms with Crippen LogP contribution in [0.25, 0.3) is 0 Å². The second-order valence-corrected chi connectivity index (χ2v) is 15.2. The average Bonchev–Trinajstić information content (AvgIpc) is 3.75. The molecule has 21 heteroatoms. The van der Waals surface area contributed by atoms with Gasteiger partial charge in [-0.15, -0.1) is 0 Å². The van der Waals surface area contributed by atoms with Gasteiger partial charge in [-0.25, -0.2) is 14.4 Å². The van der Waals surface area contributed by atoms with Crippen molar-refractivity contribution in [3.63, 3.8) is 0 Å². The van der Waals surface area contributed by atoms with E-state index in [0.717, 1.165) is 12.8 Å². The van der Waals surface area contributed by atoms with Gasteiger partial charge in [0.1, 0.15) is 35.7 Å². The van der Waals surface area contributed by atoms with Gasteiger partial charge in [0.15, 0.2) is 0 Å². The summed E-state index contributed by atoms with van der Waals surface area (Å²) in [7, 11) is 1.50. The summed E-state index contributed by atoms with van der Waals surface area (Å²) in [5, 5.41) is 47.6. The van der Waals surface area contributed by atoms with Crippen molar-refractivity contribution in [3.8, 4) is 0 Å². The number of aliphatic hydroxyl groups is 5. The SMILES string of the molecule is CC1C(n2ccc(=O)[nH]c2=O)OC(CO)(CO)C1C.CC1C(n2ccc(N)nc2=O)OC(CO)(CO)C1O.CCC1(CC)OC(n2ccc(=O)[nH]c2=O)C(C)C1C.CN. The molecule has 332 valence electrons. The molecule has 3 aliphatic heterocycles.